The lowest BCUT2D eigenvalue weighted by molar-refractivity contribution is -0.132. The summed E-state index contributed by atoms with van der Waals surface area (Å²) in [5.74, 6) is -1.85. The van der Waals surface area contributed by atoms with Crippen LogP contribution in [0.5, 0.6) is 0 Å². The zero-order valence-corrected chi connectivity index (χ0v) is 36.4. The Labute approximate surface area is 352 Å². The Hall–Kier alpha value is -4.33. The van der Waals surface area contributed by atoms with Crippen molar-refractivity contribution in [2.24, 2.45) is 11.7 Å². The summed E-state index contributed by atoms with van der Waals surface area (Å²) in [6.07, 6.45) is 1.12. The van der Waals surface area contributed by atoms with Gasteiger partial charge in [0.1, 0.15) is 18.7 Å². The van der Waals surface area contributed by atoms with Gasteiger partial charge in [-0.15, -0.1) is 0 Å². The Kier molecular flexibility index (Phi) is 23.1. The summed E-state index contributed by atoms with van der Waals surface area (Å²) >= 11 is 0. The monoisotopic (exact) mass is 871 g/mol. The zero-order chi connectivity index (χ0) is 44.7. The molecule has 1 unspecified atom stereocenters. The number of aliphatic hydroxyl groups is 1. The van der Waals surface area contributed by atoms with E-state index in [1.165, 1.54) is 0 Å². The molecule has 1 fully saturated rings. The first-order chi connectivity index (χ1) is 28.3. The van der Waals surface area contributed by atoms with Crippen LogP contribution in [0.3, 0.4) is 0 Å². The number of hydrogen-bond donors (Lipinski definition) is 8. The topological polar surface area (TPSA) is 286 Å². The molecule has 0 aromatic heterocycles. The van der Waals surface area contributed by atoms with Gasteiger partial charge in [0, 0.05) is 44.7 Å². The van der Waals surface area contributed by atoms with Crippen molar-refractivity contribution in [2.75, 3.05) is 64.5 Å². The first-order valence-electron chi connectivity index (χ1n) is 20.3. The molecule has 7 amide bonds. The van der Waals surface area contributed by atoms with Crippen LogP contribution in [-0.2, 0) is 49.1 Å². The number of benzene rings is 1. The van der Waals surface area contributed by atoms with Crippen LogP contribution in [-0.4, -0.2) is 133 Å². The number of likely N-dealkylation sites (tertiary alicyclic amines) is 1. The van der Waals surface area contributed by atoms with E-state index in [0.717, 1.165) is 0 Å². The van der Waals surface area contributed by atoms with Gasteiger partial charge in [-0.1, -0.05) is 26.0 Å². The number of nitrogens with one attached hydrogen (secondary N) is 5. The Balaban J connectivity index is 1.78. The van der Waals surface area contributed by atoms with Gasteiger partial charge >= 0.3 is 19.7 Å². The minimum absolute atomic E-state index is 0.0280. The molecular weight excluding hydrogens is 805 g/mol. The molecule has 0 aliphatic carbocycles. The summed E-state index contributed by atoms with van der Waals surface area (Å²) in [6.45, 7) is 10.3. The van der Waals surface area contributed by atoms with Crippen molar-refractivity contribution in [2.45, 2.75) is 110 Å². The van der Waals surface area contributed by atoms with Crippen molar-refractivity contribution in [3.05, 3.63) is 29.8 Å². The van der Waals surface area contributed by atoms with Gasteiger partial charge in [0.05, 0.1) is 44.3 Å². The van der Waals surface area contributed by atoms with Crippen molar-refractivity contribution >= 4 is 49.0 Å². The predicted octanol–water partition coefficient (Wildman–Crippen LogP) is 2.11. The highest BCUT2D eigenvalue weighted by Gasteiger charge is 2.36. The molecule has 1 aromatic rings. The van der Waals surface area contributed by atoms with E-state index in [9.17, 15) is 43.3 Å². The van der Waals surface area contributed by atoms with E-state index in [4.69, 9.17) is 24.5 Å². The van der Waals surface area contributed by atoms with Crippen LogP contribution in [0, 0.1) is 5.92 Å². The van der Waals surface area contributed by atoms with E-state index < -0.39 is 54.9 Å². The van der Waals surface area contributed by atoms with Gasteiger partial charge in [-0.25, -0.2) is 9.59 Å². The third kappa shape index (κ3) is 20.8. The normalized spacial score (nSPS) is 16.0. The van der Waals surface area contributed by atoms with Crippen LogP contribution < -0.4 is 32.3 Å². The maximum absolute atomic E-state index is 13.5. The number of carbonyl (C=O) groups is 6. The number of carbonyl (C=O) groups excluding carboxylic acids is 6. The average Bonchev–Trinajstić information content (AvgIpc) is 3.62. The van der Waals surface area contributed by atoms with Crippen molar-refractivity contribution in [1.82, 2.24) is 26.2 Å². The molecule has 2 rings (SSSR count). The molecule has 60 heavy (non-hydrogen) atoms. The summed E-state index contributed by atoms with van der Waals surface area (Å²) in [7, 11) is -3.74. The smallest absolute Gasteiger partial charge is 0.407 e. The van der Waals surface area contributed by atoms with E-state index in [0.29, 0.717) is 50.0 Å². The van der Waals surface area contributed by atoms with Crippen LogP contribution in [0.2, 0.25) is 0 Å². The van der Waals surface area contributed by atoms with Crippen molar-refractivity contribution in [3.63, 3.8) is 0 Å². The van der Waals surface area contributed by atoms with Gasteiger partial charge in [-0.2, -0.15) is 0 Å². The Morgan fingerprint density at radius 3 is 2.15 bits per heavy atom. The number of unbranched alkanes of at least 4 members (excludes halogenated alkanes) is 1. The predicted molar refractivity (Wildman–Crippen MR) is 222 cm³/mol. The fourth-order valence-electron chi connectivity index (χ4n) is 5.59. The number of hydrogen-bond acceptors (Lipinski definition) is 12. The largest absolute Gasteiger partial charge is 0.445 e. The summed E-state index contributed by atoms with van der Waals surface area (Å²) in [6, 6.07) is 3.81. The van der Waals surface area contributed by atoms with E-state index in [2.05, 4.69) is 26.6 Å². The summed E-state index contributed by atoms with van der Waals surface area (Å²) in [5.41, 5.74) is 6.20. The summed E-state index contributed by atoms with van der Waals surface area (Å²) in [5, 5.41) is 22.0. The number of β-amino-alcohol motifs (C(OH)–C–C–N with tert-alkyl or cyclic N) is 1. The molecule has 1 aliphatic heterocycles. The molecule has 0 bridgehead atoms. The van der Waals surface area contributed by atoms with Gasteiger partial charge in [0.15, 0.2) is 0 Å². The minimum atomic E-state index is -3.74. The second-order valence-corrected chi connectivity index (χ2v) is 18.4. The first kappa shape index (κ1) is 51.8. The molecule has 1 aromatic carbocycles. The second kappa shape index (κ2) is 26.8. The molecule has 1 aliphatic rings. The van der Waals surface area contributed by atoms with Crippen LogP contribution in [0.1, 0.15) is 85.1 Å². The molecule has 340 valence electrons. The van der Waals surface area contributed by atoms with Gasteiger partial charge in [0.2, 0.25) is 23.6 Å². The number of rotatable bonds is 27. The first-order valence-corrected chi connectivity index (χ1v) is 21.9. The quantitative estimate of drug-likeness (QED) is 0.0465. The van der Waals surface area contributed by atoms with Crippen LogP contribution in [0.25, 0.3) is 0 Å². The van der Waals surface area contributed by atoms with E-state index in [1.807, 2.05) is 0 Å². The third-order valence-corrected chi connectivity index (χ3v) is 11.5. The van der Waals surface area contributed by atoms with Crippen molar-refractivity contribution in [3.8, 4) is 0 Å². The Bertz CT molecular complexity index is 1580. The highest BCUT2D eigenvalue weighted by molar-refractivity contribution is 7.54. The van der Waals surface area contributed by atoms with Crippen LogP contribution >= 0.6 is 7.60 Å². The fraction of sp³-hybridized carbons (Fsp3) is 0.692. The molecule has 9 N–H and O–H groups in total. The van der Waals surface area contributed by atoms with Gasteiger partial charge in [0.25, 0.3) is 0 Å². The average molecular weight is 872 g/mol. The SMILES string of the molecule is CC(C)[C@H](NC(=O)CCCCC(=O)N1CC[C@H](O)C1)C(=O)N[C@@H](CCCNC(N)=O)C(=O)Nc1ccc(COC(=O)NCCOCCOCCOP(=O)(O)C(C)(C)C)cc1. The molecule has 0 radical (unpaired) electrons. The number of urea groups is 1. The number of anilines is 1. The summed E-state index contributed by atoms with van der Waals surface area (Å²) in [4.78, 5) is 86.8. The maximum atomic E-state index is 13.5. The number of alkyl carbamates (subject to hydrolysis) is 1. The highest BCUT2D eigenvalue weighted by atomic mass is 31.2. The number of nitrogens with zero attached hydrogens (tertiary/aromatic N) is 1. The lowest BCUT2D eigenvalue weighted by Gasteiger charge is -2.25. The van der Waals surface area contributed by atoms with Gasteiger partial charge in [-0.3, -0.25) is 23.7 Å². The number of nitrogens with two attached hydrogens (primary N) is 1. The molecular formula is C39H66N7O13P. The minimum Gasteiger partial charge on any atom is -0.445 e. The number of primary amides is 1. The molecule has 4 atom stereocenters. The standard InChI is InChI=1S/C39H66N7O13P/c1-27(2)34(45-32(48)10-6-7-11-33(49)46-19-16-30(47)25-46)36(51)44-31(9-8-17-41-37(40)52)35(50)43-29-14-12-28(13-15-29)26-58-38(53)42-18-20-56-21-22-57-23-24-59-60(54,55)39(3,4)5/h12-15,27,30-31,34,47H,6-11,16-26H2,1-5H3,(H,42,53)(H,43,50)(H,44,51)(H,45,48)(H,54,55)(H3,40,41,52)/t30-,31-,34-/m0/s1. The highest BCUT2D eigenvalue weighted by Crippen LogP contribution is 2.54. The molecule has 0 spiro atoms. The Morgan fingerprint density at radius 2 is 1.53 bits per heavy atom. The van der Waals surface area contributed by atoms with Crippen molar-refractivity contribution < 1.29 is 62.1 Å². The van der Waals surface area contributed by atoms with Crippen LogP contribution in [0.15, 0.2) is 24.3 Å². The molecule has 0 saturated carbocycles. The molecule has 1 saturated heterocycles. The lowest BCUT2D eigenvalue weighted by atomic mass is 10.0. The van der Waals surface area contributed by atoms with Crippen LogP contribution in [0.4, 0.5) is 15.3 Å². The Morgan fingerprint density at radius 1 is 0.883 bits per heavy atom. The molecule has 1 heterocycles. The lowest BCUT2D eigenvalue weighted by Crippen LogP contribution is -2.54. The summed E-state index contributed by atoms with van der Waals surface area (Å²) < 4.78 is 33.0. The van der Waals surface area contributed by atoms with E-state index >= 15 is 0 Å². The molecule has 20 nitrogen and oxygen atoms in total. The fourth-order valence-corrected chi connectivity index (χ4v) is 6.30. The van der Waals surface area contributed by atoms with E-state index in [-0.39, 0.29) is 89.7 Å². The molecule has 21 heteroatoms. The second-order valence-electron chi connectivity index (χ2n) is 15.7. The van der Waals surface area contributed by atoms with E-state index in [1.54, 1.807) is 63.8 Å². The number of aliphatic hydroxyl groups excluding tert-OH is 1. The maximum Gasteiger partial charge on any atom is 0.407 e. The number of amides is 7. The number of ether oxygens (including phenoxy) is 3. The third-order valence-electron chi connectivity index (χ3n) is 9.25. The van der Waals surface area contributed by atoms with Gasteiger partial charge < -0.3 is 66.0 Å². The van der Waals surface area contributed by atoms with Crippen molar-refractivity contribution in [1.29, 1.82) is 0 Å². The van der Waals surface area contributed by atoms with Gasteiger partial charge in [-0.05, 0) is 76.5 Å². The zero-order valence-electron chi connectivity index (χ0n) is 35.5.